The zero-order chi connectivity index (χ0) is 20.7. The van der Waals surface area contributed by atoms with Gasteiger partial charge < -0.3 is 14.2 Å². The highest BCUT2D eigenvalue weighted by Crippen LogP contribution is 2.32. The summed E-state index contributed by atoms with van der Waals surface area (Å²) in [5, 5.41) is 9.19. The average molecular weight is 387 g/mol. The highest BCUT2D eigenvalue weighted by molar-refractivity contribution is 5.47. The van der Waals surface area contributed by atoms with E-state index in [-0.39, 0.29) is 5.41 Å². The van der Waals surface area contributed by atoms with Crippen molar-refractivity contribution < 1.29 is 14.2 Å². The van der Waals surface area contributed by atoms with Gasteiger partial charge >= 0.3 is 0 Å². The number of hydrogen-bond acceptors (Lipinski definition) is 4. The van der Waals surface area contributed by atoms with Gasteiger partial charge in [0.2, 0.25) is 0 Å². The Balaban J connectivity index is 1.57. The normalized spacial score (nSPS) is 10.8. The highest BCUT2D eigenvalue weighted by atomic mass is 16.5. The second-order valence-corrected chi connectivity index (χ2v) is 7.19. The van der Waals surface area contributed by atoms with E-state index in [1.54, 1.807) is 25.3 Å². The fraction of sp³-hybridized carbons (Fsp3) is 0.240. The number of methoxy groups -OCH3 is 1. The topological polar surface area (TPSA) is 51.5 Å². The van der Waals surface area contributed by atoms with E-state index in [1.165, 1.54) is 11.1 Å². The van der Waals surface area contributed by atoms with Gasteiger partial charge in [-0.2, -0.15) is 5.26 Å². The lowest BCUT2D eigenvalue weighted by Gasteiger charge is -2.26. The third kappa shape index (κ3) is 4.89. The zero-order valence-corrected chi connectivity index (χ0v) is 17.0. The van der Waals surface area contributed by atoms with Crippen molar-refractivity contribution in [3.05, 3.63) is 89.5 Å². The quantitative estimate of drug-likeness (QED) is 0.489. The van der Waals surface area contributed by atoms with Crippen molar-refractivity contribution in [1.82, 2.24) is 0 Å². The Morgan fingerprint density at radius 1 is 0.793 bits per heavy atom. The molecule has 3 aromatic carbocycles. The molecule has 0 N–H and O–H groups in total. The first-order chi connectivity index (χ1) is 14.0. The van der Waals surface area contributed by atoms with Crippen molar-refractivity contribution >= 4 is 0 Å². The molecule has 4 nitrogen and oxygen atoms in total. The number of nitrogens with zero attached hydrogens (tertiary/aromatic N) is 1. The van der Waals surface area contributed by atoms with Crippen LogP contribution in [0.5, 0.6) is 17.2 Å². The lowest BCUT2D eigenvalue weighted by atomic mass is 9.78. The Labute approximate surface area is 172 Å². The maximum Gasteiger partial charge on any atom is 0.140 e. The van der Waals surface area contributed by atoms with Gasteiger partial charge in [-0.1, -0.05) is 56.3 Å². The fourth-order valence-electron chi connectivity index (χ4n) is 3.14. The summed E-state index contributed by atoms with van der Waals surface area (Å²) in [7, 11) is 1.58. The molecular formula is C25H25NO3. The fourth-order valence-corrected chi connectivity index (χ4v) is 3.14. The molecule has 0 atom stereocenters. The van der Waals surface area contributed by atoms with Crippen molar-refractivity contribution in [3.8, 4) is 23.3 Å². The van der Waals surface area contributed by atoms with Crippen LogP contribution in [0.4, 0.5) is 0 Å². The van der Waals surface area contributed by atoms with Crippen LogP contribution in [0.25, 0.3) is 0 Å². The van der Waals surface area contributed by atoms with E-state index in [9.17, 15) is 5.26 Å². The van der Waals surface area contributed by atoms with Crippen LogP contribution < -0.4 is 14.2 Å². The minimum atomic E-state index is -0.0804. The molecular weight excluding hydrogens is 362 g/mol. The smallest absolute Gasteiger partial charge is 0.140 e. The third-order valence-electron chi connectivity index (χ3n) is 4.99. The Kier molecular flexibility index (Phi) is 6.41. The van der Waals surface area contributed by atoms with E-state index in [1.807, 2.05) is 18.2 Å². The van der Waals surface area contributed by atoms with Gasteiger partial charge in [-0.3, -0.25) is 0 Å². The van der Waals surface area contributed by atoms with Gasteiger partial charge in [0.15, 0.2) is 0 Å². The van der Waals surface area contributed by atoms with E-state index in [0.717, 1.165) is 5.75 Å². The summed E-state index contributed by atoms with van der Waals surface area (Å²) in [5.41, 5.74) is 2.89. The minimum absolute atomic E-state index is 0.0804. The van der Waals surface area contributed by atoms with Gasteiger partial charge in [0.25, 0.3) is 0 Å². The van der Waals surface area contributed by atoms with E-state index in [4.69, 9.17) is 14.2 Å². The van der Waals surface area contributed by atoms with E-state index in [2.05, 4.69) is 56.3 Å². The zero-order valence-electron chi connectivity index (χ0n) is 17.0. The number of nitriles is 1. The van der Waals surface area contributed by atoms with Crippen LogP contribution in [-0.4, -0.2) is 20.3 Å². The van der Waals surface area contributed by atoms with Gasteiger partial charge in [0, 0.05) is 11.5 Å². The van der Waals surface area contributed by atoms with Crippen LogP contribution in [-0.2, 0) is 5.41 Å². The van der Waals surface area contributed by atoms with Crippen molar-refractivity contribution in [2.75, 3.05) is 20.3 Å². The molecule has 0 heterocycles. The predicted octanol–water partition coefficient (Wildman–Crippen LogP) is 5.35. The molecule has 0 aliphatic heterocycles. The average Bonchev–Trinajstić information content (AvgIpc) is 2.77. The molecule has 0 aliphatic rings. The molecule has 0 amide bonds. The molecule has 0 unspecified atom stereocenters. The van der Waals surface area contributed by atoms with Crippen LogP contribution in [0.2, 0.25) is 0 Å². The van der Waals surface area contributed by atoms with Crippen LogP contribution >= 0.6 is 0 Å². The van der Waals surface area contributed by atoms with Gasteiger partial charge in [0.1, 0.15) is 36.5 Å². The summed E-state index contributed by atoms with van der Waals surface area (Å²) in [6.45, 7) is 5.14. The summed E-state index contributed by atoms with van der Waals surface area (Å²) in [4.78, 5) is 0. The Hall–Kier alpha value is -3.45. The molecule has 29 heavy (non-hydrogen) atoms. The second kappa shape index (κ2) is 9.16. The van der Waals surface area contributed by atoms with Crippen LogP contribution in [0.1, 0.15) is 30.5 Å². The molecule has 0 saturated heterocycles. The van der Waals surface area contributed by atoms with Gasteiger partial charge in [-0.05, 0) is 35.4 Å². The molecule has 0 aromatic heterocycles. The van der Waals surface area contributed by atoms with Crippen LogP contribution in [0.3, 0.4) is 0 Å². The lowest BCUT2D eigenvalue weighted by molar-refractivity contribution is 0.216. The molecule has 0 saturated carbocycles. The standard InChI is InChI=1S/C25H25NO3/c1-25(2,20-7-5-4-6-8-20)21-10-13-22(14-11-21)28-15-16-29-24-17-23(27-3)12-9-19(24)18-26/h4-14,17H,15-16H2,1-3H3. The van der Waals surface area contributed by atoms with E-state index >= 15 is 0 Å². The monoisotopic (exact) mass is 387 g/mol. The number of rotatable bonds is 8. The summed E-state index contributed by atoms with van der Waals surface area (Å²) in [6, 6.07) is 25.9. The van der Waals surface area contributed by atoms with E-state index < -0.39 is 0 Å². The number of benzene rings is 3. The van der Waals surface area contributed by atoms with Crippen LogP contribution in [0.15, 0.2) is 72.8 Å². The van der Waals surface area contributed by atoms with E-state index in [0.29, 0.717) is 30.3 Å². The maximum atomic E-state index is 9.19. The largest absolute Gasteiger partial charge is 0.497 e. The van der Waals surface area contributed by atoms with Crippen molar-refractivity contribution in [2.45, 2.75) is 19.3 Å². The maximum absolute atomic E-state index is 9.19. The first-order valence-electron chi connectivity index (χ1n) is 9.54. The molecule has 3 aromatic rings. The molecule has 3 rings (SSSR count). The molecule has 0 aliphatic carbocycles. The predicted molar refractivity (Wildman–Crippen MR) is 114 cm³/mol. The highest BCUT2D eigenvalue weighted by Gasteiger charge is 2.22. The van der Waals surface area contributed by atoms with Crippen LogP contribution in [0, 0.1) is 11.3 Å². The van der Waals surface area contributed by atoms with Gasteiger partial charge in [-0.15, -0.1) is 0 Å². The summed E-state index contributed by atoms with van der Waals surface area (Å²) in [6.07, 6.45) is 0. The van der Waals surface area contributed by atoms with Gasteiger partial charge in [-0.25, -0.2) is 0 Å². The van der Waals surface area contributed by atoms with Crippen molar-refractivity contribution in [3.63, 3.8) is 0 Å². The molecule has 0 bridgehead atoms. The molecule has 4 heteroatoms. The first-order valence-corrected chi connectivity index (χ1v) is 9.54. The second-order valence-electron chi connectivity index (χ2n) is 7.19. The molecule has 0 radical (unpaired) electrons. The van der Waals surface area contributed by atoms with Crippen molar-refractivity contribution in [1.29, 1.82) is 5.26 Å². The SMILES string of the molecule is COc1ccc(C#N)c(OCCOc2ccc(C(C)(C)c3ccccc3)cc2)c1. The Morgan fingerprint density at radius 2 is 1.41 bits per heavy atom. The number of ether oxygens (including phenoxy) is 3. The van der Waals surface area contributed by atoms with Gasteiger partial charge in [0.05, 0.1) is 12.7 Å². The minimum Gasteiger partial charge on any atom is -0.497 e. The molecule has 148 valence electrons. The first kappa shape index (κ1) is 20.3. The third-order valence-corrected chi connectivity index (χ3v) is 4.99. The Morgan fingerprint density at radius 3 is 2.07 bits per heavy atom. The molecule has 0 spiro atoms. The molecule has 0 fully saturated rings. The summed E-state index contributed by atoms with van der Waals surface area (Å²) < 4.78 is 16.7. The Bertz CT molecular complexity index is 973. The lowest BCUT2D eigenvalue weighted by Crippen LogP contribution is -2.18. The summed E-state index contributed by atoms with van der Waals surface area (Å²) >= 11 is 0. The number of hydrogen-bond donors (Lipinski definition) is 0. The summed E-state index contributed by atoms with van der Waals surface area (Å²) in [5.74, 6) is 1.93. The van der Waals surface area contributed by atoms with Crippen molar-refractivity contribution in [2.24, 2.45) is 0 Å².